The lowest BCUT2D eigenvalue weighted by molar-refractivity contribution is 0.0954. The monoisotopic (exact) mass is 457 g/mol. The maximum Gasteiger partial charge on any atom is 0.281 e. The summed E-state index contributed by atoms with van der Waals surface area (Å²) >= 11 is 0. The van der Waals surface area contributed by atoms with Crippen LogP contribution in [0.25, 0.3) is 16.9 Å². The first-order chi connectivity index (χ1) is 16.5. The Labute approximate surface area is 195 Å². The molecule has 0 bridgehead atoms. The van der Waals surface area contributed by atoms with E-state index in [1.165, 1.54) is 17.1 Å². The second-order valence-corrected chi connectivity index (χ2v) is 7.30. The SMILES string of the molecule is COc1ccc(-c2[nH]n(-c3ccc(OC)cc3)c(=O)c2/C(C)=N/NC(=O)c2ccncc2)cc1. The van der Waals surface area contributed by atoms with Crippen LogP contribution in [0.15, 0.2) is 83.0 Å². The summed E-state index contributed by atoms with van der Waals surface area (Å²) in [6.45, 7) is 1.67. The van der Waals surface area contributed by atoms with E-state index in [9.17, 15) is 9.59 Å². The molecular formula is C25H23N5O4. The van der Waals surface area contributed by atoms with Crippen molar-refractivity contribution >= 4 is 11.6 Å². The summed E-state index contributed by atoms with van der Waals surface area (Å²) in [6.07, 6.45) is 3.04. The van der Waals surface area contributed by atoms with Gasteiger partial charge in [-0.1, -0.05) is 0 Å². The Hall–Kier alpha value is -4.66. The number of nitrogens with one attached hydrogen (secondary N) is 2. The van der Waals surface area contributed by atoms with E-state index in [0.29, 0.717) is 39.7 Å². The number of pyridine rings is 1. The molecule has 4 aromatic rings. The highest BCUT2D eigenvalue weighted by Crippen LogP contribution is 2.24. The molecule has 0 unspecified atom stereocenters. The molecule has 2 aromatic heterocycles. The van der Waals surface area contributed by atoms with E-state index in [-0.39, 0.29) is 5.56 Å². The summed E-state index contributed by atoms with van der Waals surface area (Å²) in [7, 11) is 3.17. The number of aromatic amines is 1. The second kappa shape index (κ2) is 9.86. The molecule has 0 aliphatic rings. The Morgan fingerprint density at radius 1 is 0.941 bits per heavy atom. The van der Waals surface area contributed by atoms with Crippen LogP contribution in [0.2, 0.25) is 0 Å². The molecule has 2 N–H and O–H groups in total. The molecule has 0 aliphatic carbocycles. The topological polar surface area (TPSA) is 111 Å². The number of methoxy groups -OCH3 is 2. The molecule has 34 heavy (non-hydrogen) atoms. The zero-order valence-corrected chi connectivity index (χ0v) is 18.9. The minimum atomic E-state index is -0.404. The minimum absolute atomic E-state index is 0.310. The number of carbonyl (C=O) groups excluding carboxylic acids is 1. The molecule has 4 rings (SSSR count). The van der Waals surface area contributed by atoms with Gasteiger partial charge in [0.15, 0.2) is 0 Å². The van der Waals surface area contributed by atoms with Crippen molar-refractivity contribution in [2.75, 3.05) is 14.2 Å². The van der Waals surface area contributed by atoms with Gasteiger partial charge in [-0.2, -0.15) is 5.10 Å². The third-order valence-corrected chi connectivity index (χ3v) is 5.23. The van der Waals surface area contributed by atoms with Crippen LogP contribution in [0.3, 0.4) is 0 Å². The van der Waals surface area contributed by atoms with Gasteiger partial charge in [0.05, 0.1) is 36.9 Å². The number of ether oxygens (including phenoxy) is 2. The predicted octanol–water partition coefficient (Wildman–Crippen LogP) is 3.40. The Kier molecular flexibility index (Phi) is 6.54. The van der Waals surface area contributed by atoms with Gasteiger partial charge in [0.25, 0.3) is 11.5 Å². The molecule has 9 nitrogen and oxygen atoms in total. The van der Waals surface area contributed by atoms with Crippen molar-refractivity contribution in [3.63, 3.8) is 0 Å². The average molecular weight is 457 g/mol. The van der Waals surface area contributed by atoms with E-state index >= 15 is 0 Å². The van der Waals surface area contributed by atoms with Gasteiger partial charge in [-0.05, 0) is 67.6 Å². The average Bonchev–Trinajstić information content (AvgIpc) is 3.24. The van der Waals surface area contributed by atoms with Crippen LogP contribution in [-0.4, -0.2) is 40.6 Å². The van der Waals surface area contributed by atoms with Crippen LogP contribution < -0.4 is 20.5 Å². The molecule has 0 aliphatic heterocycles. The zero-order valence-electron chi connectivity index (χ0n) is 18.9. The largest absolute Gasteiger partial charge is 0.497 e. The number of amides is 1. The Bertz CT molecular complexity index is 1370. The quantitative estimate of drug-likeness (QED) is 0.326. The van der Waals surface area contributed by atoms with Crippen LogP contribution in [0.1, 0.15) is 22.8 Å². The number of hydrogen-bond donors (Lipinski definition) is 2. The lowest BCUT2D eigenvalue weighted by Gasteiger charge is -2.05. The van der Waals surface area contributed by atoms with Crippen LogP contribution in [0, 0.1) is 0 Å². The normalized spacial score (nSPS) is 11.2. The first kappa shape index (κ1) is 22.5. The number of benzene rings is 2. The van der Waals surface area contributed by atoms with Crippen molar-refractivity contribution in [1.82, 2.24) is 20.2 Å². The van der Waals surface area contributed by atoms with Gasteiger partial charge in [0.2, 0.25) is 0 Å². The summed E-state index contributed by atoms with van der Waals surface area (Å²) in [5, 5.41) is 7.38. The van der Waals surface area contributed by atoms with E-state index in [1.807, 2.05) is 12.1 Å². The van der Waals surface area contributed by atoms with E-state index in [4.69, 9.17) is 9.47 Å². The number of hydrazone groups is 1. The summed E-state index contributed by atoms with van der Waals surface area (Å²) in [4.78, 5) is 29.8. The molecule has 0 radical (unpaired) electrons. The standard InChI is InChI=1S/C25H23N5O4/c1-16(27-28-24(31)18-12-14-26-15-13-18)22-23(17-4-8-20(33-2)9-5-17)29-30(25(22)32)19-6-10-21(34-3)11-7-19/h4-15,29H,1-3H3,(H,28,31)/b27-16+. The first-order valence-corrected chi connectivity index (χ1v) is 10.4. The molecule has 2 heterocycles. The summed E-state index contributed by atoms with van der Waals surface area (Å²) in [5.74, 6) is 0.964. The van der Waals surface area contributed by atoms with Gasteiger partial charge in [-0.15, -0.1) is 0 Å². The first-order valence-electron chi connectivity index (χ1n) is 10.4. The van der Waals surface area contributed by atoms with Crippen LogP contribution in [0.4, 0.5) is 0 Å². The third-order valence-electron chi connectivity index (χ3n) is 5.23. The van der Waals surface area contributed by atoms with E-state index < -0.39 is 5.91 Å². The van der Waals surface area contributed by atoms with Gasteiger partial charge in [0.1, 0.15) is 11.5 Å². The lowest BCUT2D eigenvalue weighted by atomic mass is 10.1. The van der Waals surface area contributed by atoms with E-state index in [2.05, 4.69) is 20.6 Å². The molecule has 0 spiro atoms. The number of nitrogens with zero attached hydrogens (tertiary/aromatic N) is 3. The Balaban J connectivity index is 1.77. The molecule has 0 fully saturated rings. The fourth-order valence-corrected chi connectivity index (χ4v) is 3.41. The van der Waals surface area contributed by atoms with Gasteiger partial charge in [-0.25, -0.2) is 10.1 Å². The van der Waals surface area contributed by atoms with Crippen molar-refractivity contribution in [2.45, 2.75) is 6.92 Å². The Morgan fingerprint density at radius 3 is 2.12 bits per heavy atom. The predicted molar refractivity (Wildman–Crippen MR) is 129 cm³/mol. The highest BCUT2D eigenvalue weighted by atomic mass is 16.5. The van der Waals surface area contributed by atoms with E-state index in [0.717, 1.165) is 5.56 Å². The van der Waals surface area contributed by atoms with Crippen molar-refractivity contribution in [3.05, 3.63) is 94.5 Å². The Morgan fingerprint density at radius 2 is 1.53 bits per heavy atom. The van der Waals surface area contributed by atoms with Crippen molar-refractivity contribution < 1.29 is 14.3 Å². The highest BCUT2D eigenvalue weighted by molar-refractivity contribution is 6.04. The van der Waals surface area contributed by atoms with Crippen LogP contribution in [0.5, 0.6) is 11.5 Å². The second-order valence-electron chi connectivity index (χ2n) is 7.30. The number of carbonyl (C=O) groups is 1. The summed E-state index contributed by atoms with van der Waals surface area (Å²) in [6, 6.07) is 17.5. The third kappa shape index (κ3) is 4.58. The maximum absolute atomic E-state index is 13.5. The molecule has 2 aromatic carbocycles. The van der Waals surface area contributed by atoms with Crippen LogP contribution in [-0.2, 0) is 0 Å². The number of rotatable bonds is 7. The zero-order chi connectivity index (χ0) is 24.1. The molecule has 0 saturated carbocycles. The summed E-state index contributed by atoms with van der Waals surface area (Å²) < 4.78 is 11.9. The smallest absolute Gasteiger partial charge is 0.281 e. The van der Waals surface area contributed by atoms with Gasteiger partial charge < -0.3 is 9.47 Å². The summed E-state index contributed by atoms with van der Waals surface area (Å²) in [5.41, 5.74) is 5.23. The van der Waals surface area contributed by atoms with Gasteiger partial charge in [-0.3, -0.25) is 19.7 Å². The minimum Gasteiger partial charge on any atom is -0.497 e. The van der Waals surface area contributed by atoms with Crippen LogP contribution >= 0.6 is 0 Å². The molecule has 172 valence electrons. The molecule has 0 atom stereocenters. The number of aromatic nitrogens is 3. The molecular weight excluding hydrogens is 434 g/mol. The van der Waals surface area contributed by atoms with Gasteiger partial charge >= 0.3 is 0 Å². The van der Waals surface area contributed by atoms with Gasteiger partial charge in [0, 0.05) is 23.5 Å². The lowest BCUT2D eigenvalue weighted by Crippen LogP contribution is -2.23. The molecule has 0 saturated heterocycles. The van der Waals surface area contributed by atoms with Crippen molar-refractivity contribution in [2.24, 2.45) is 5.10 Å². The maximum atomic E-state index is 13.5. The molecule has 9 heteroatoms. The van der Waals surface area contributed by atoms with Crippen molar-refractivity contribution in [1.29, 1.82) is 0 Å². The fourth-order valence-electron chi connectivity index (χ4n) is 3.41. The number of H-pyrrole nitrogens is 1. The highest BCUT2D eigenvalue weighted by Gasteiger charge is 2.20. The number of hydrogen-bond acceptors (Lipinski definition) is 6. The fraction of sp³-hybridized carbons (Fsp3) is 0.120. The van der Waals surface area contributed by atoms with E-state index in [1.54, 1.807) is 69.7 Å². The van der Waals surface area contributed by atoms with Crippen molar-refractivity contribution in [3.8, 4) is 28.4 Å². The molecule has 1 amide bonds.